The normalized spacial score (nSPS) is 12.0. The maximum atomic E-state index is 9.43. The molecule has 0 aliphatic heterocycles. The Kier molecular flexibility index (Phi) is 17.7. The molecule has 0 aromatic heterocycles. The molecule has 3 nitrogen and oxygen atoms in total. The molecule has 1 aromatic carbocycles. The van der Waals surface area contributed by atoms with E-state index in [1.165, 1.54) is 70.6 Å². The van der Waals surface area contributed by atoms with Crippen molar-refractivity contribution in [2.45, 2.75) is 96.2 Å². The third-order valence-electron chi connectivity index (χ3n) is 5.19. The third-order valence-corrected chi connectivity index (χ3v) is 5.19. The Morgan fingerprint density at radius 3 is 1.90 bits per heavy atom. The lowest BCUT2D eigenvalue weighted by atomic mass is 10.0. The van der Waals surface area contributed by atoms with Crippen LogP contribution in [0.2, 0.25) is 0 Å². The second kappa shape index (κ2) is 20.0. The first-order chi connectivity index (χ1) is 14.4. The first kappa shape index (κ1) is 25.7. The molecule has 0 radical (unpaired) electrons. The Hall–Kier alpha value is -1.34. The number of hydrogen-bond donors (Lipinski definition) is 1. The molecule has 0 aliphatic carbocycles. The van der Waals surface area contributed by atoms with Gasteiger partial charge in [-0.05, 0) is 18.4 Å². The van der Waals surface area contributed by atoms with Crippen molar-refractivity contribution >= 4 is 0 Å². The summed E-state index contributed by atoms with van der Waals surface area (Å²) < 4.78 is 11.4. The van der Waals surface area contributed by atoms with Gasteiger partial charge in [0.15, 0.2) is 0 Å². The third kappa shape index (κ3) is 16.2. The minimum Gasteiger partial charge on any atom is -0.394 e. The number of hydrogen-bond acceptors (Lipinski definition) is 3. The number of unbranched alkanes of at least 4 members (excludes halogenated alkanes) is 12. The molecule has 1 atom stereocenters. The lowest BCUT2D eigenvalue weighted by Gasteiger charge is -2.15. The Labute approximate surface area is 179 Å². The van der Waals surface area contributed by atoms with Gasteiger partial charge in [0.1, 0.15) is 6.10 Å². The van der Waals surface area contributed by atoms with Crippen LogP contribution >= 0.6 is 0 Å². The summed E-state index contributed by atoms with van der Waals surface area (Å²) in [5.41, 5.74) is 1.14. The molecule has 164 valence electrons. The van der Waals surface area contributed by atoms with Gasteiger partial charge in [0.05, 0.1) is 19.8 Å². The highest BCUT2D eigenvalue weighted by molar-refractivity contribution is 5.13. The summed E-state index contributed by atoms with van der Waals surface area (Å²) in [5, 5.41) is 9.43. The molecular weight excluding hydrogens is 360 g/mol. The van der Waals surface area contributed by atoms with Crippen LogP contribution in [0.5, 0.6) is 0 Å². The molecule has 0 spiro atoms. The van der Waals surface area contributed by atoms with Gasteiger partial charge in [0.2, 0.25) is 0 Å². The molecule has 0 heterocycles. The van der Waals surface area contributed by atoms with E-state index in [2.05, 4.69) is 5.92 Å². The zero-order valence-corrected chi connectivity index (χ0v) is 18.3. The van der Waals surface area contributed by atoms with E-state index in [4.69, 9.17) is 15.9 Å². The van der Waals surface area contributed by atoms with Crippen LogP contribution in [0, 0.1) is 12.3 Å². The lowest BCUT2D eigenvalue weighted by Crippen LogP contribution is -2.24. The zero-order chi connectivity index (χ0) is 20.8. The number of aliphatic hydroxyl groups is 1. The smallest absolute Gasteiger partial charge is 0.104 e. The molecule has 0 fully saturated rings. The summed E-state index contributed by atoms with van der Waals surface area (Å²) in [7, 11) is 0. The van der Waals surface area contributed by atoms with Crippen molar-refractivity contribution in [2.75, 3.05) is 19.8 Å². The molecule has 1 aromatic rings. The van der Waals surface area contributed by atoms with Crippen molar-refractivity contribution in [3.63, 3.8) is 0 Å². The summed E-state index contributed by atoms with van der Waals surface area (Å²) in [6.45, 7) is 1.72. The lowest BCUT2D eigenvalue weighted by molar-refractivity contribution is -0.0473. The maximum Gasteiger partial charge on any atom is 0.104 e. The molecule has 29 heavy (non-hydrogen) atoms. The minimum absolute atomic E-state index is 0.0126. The van der Waals surface area contributed by atoms with Crippen molar-refractivity contribution in [2.24, 2.45) is 0 Å². The van der Waals surface area contributed by atoms with Crippen LogP contribution in [0.25, 0.3) is 0 Å². The highest BCUT2D eigenvalue weighted by atomic mass is 16.5. The molecule has 1 unspecified atom stereocenters. The Balaban J connectivity index is 1.82. The van der Waals surface area contributed by atoms with E-state index in [0.29, 0.717) is 19.8 Å². The second-order valence-electron chi connectivity index (χ2n) is 7.87. The van der Waals surface area contributed by atoms with Gasteiger partial charge in [-0.15, -0.1) is 12.3 Å². The van der Waals surface area contributed by atoms with Gasteiger partial charge >= 0.3 is 0 Å². The molecule has 0 saturated heterocycles. The van der Waals surface area contributed by atoms with E-state index >= 15 is 0 Å². The Morgan fingerprint density at radius 2 is 1.34 bits per heavy atom. The molecule has 3 heteroatoms. The number of aliphatic hydroxyl groups excluding tert-OH is 1. The summed E-state index contributed by atoms with van der Waals surface area (Å²) in [5.74, 6) is 2.71. The van der Waals surface area contributed by atoms with E-state index < -0.39 is 0 Å². The number of benzene rings is 1. The van der Waals surface area contributed by atoms with E-state index in [1.807, 2.05) is 30.3 Å². The van der Waals surface area contributed by atoms with Gasteiger partial charge in [-0.1, -0.05) is 94.5 Å². The molecule has 0 amide bonds. The van der Waals surface area contributed by atoms with Crippen molar-refractivity contribution in [3.05, 3.63) is 35.9 Å². The SMILES string of the molecule is C#CCCCCCCCCCCCCCCOC(CO)COCc1ccccc1. The molecule has 0 bridgehead atoms. The number of terminal acetylenes is 1. The van der Waals surface area contributed by atoms with Crippen molar-refractivity contribution in [3.8, 4) is 12.3 Å². The van der Waals surface area contributed by atoms with Crippen LogP contribution in [0.1, 0.15) is 89.0 Å². The fraction of sp³-hybridized carbons (Fsp3) is 0.692. The number of ether oxygens (including phenoxy) is 2. The van der Waals surface area contributed by atoms with E-state index in [9.17, 15) is 5.11 Å². The molecule has 0 aliphatic rings. The van der Waals surface area contributed by atoms with Crippen LogP contribution in [0.3, 0.4) is 0 Å². The standard InChI is InChI=1S/C26H42O3/c1-2-3-4-5-6-7-8-9-10-11-12-13-14-18-21-29-26(22-27)24-28-23-25-19-16-15-17-20-25/h1,15-17,19-20,26-27H,3-14,18,21-24H2. The van der Waals surface area contributed by atoms with Gasteiger partial charge in [0, 0.05) is 13.0 Å². The summed E-state index contributed by atoms with van der Waals surface area (Å²) in [6, 6.07) is 10.1. The van der Waals surface area contributed by atoms with E-state index in [0.717, 1.165) is 18.4 Å². The highest BCUT2D eigenvalue weighted by Crippen LogP contribution is 2.12. The predicted octanol–water partition coefficient (Wildman–Crippen LogP) is 6.29. The van der Waals surface area contributed by atoms with E-state index in [1.54, 1.807) is 0 Å². The van der Waals surface area contributed by atoms with Crippen LogP contribution < -0.4 is 0 Å². The van der Waals surface area contributed by atoms with E-state index in [-0.39, 0.29) is 12.7 Å². The summed E-state index contributed by atoms with van der Waals surface area (Å²) >= 11 is 0. The van der Waals surface area contributed by atoms with Crippen molar-refractivity contribution in [1.29, 1.82) is 0 Å². The van der Waals surface area contributed by atoms with Gasteiger partial charge < -0.3 is 14.6 Å². The van der Waals surface area contributed by atoms with Gasteiger partial charge in [-0.25, -0.2) is 0 Å². The summed E-state index contributed by atoms with van der Waals surface area (Å²) in [4.78, 5) is 0. The monoisotopic (exact) mass is 402 g/mol. The molecule has 1 N–H and O–H groups in total. The zero-order valence-electron chi connectivity index (χ0n) is 18.3. The number of rotatable bonds is 20. The van der Waals surface area contributed by atoms with Crippen LogP contribution in [-0.4, -0.2) is 31.0 Å². The first-order valence-electron chi connectivity index (χ1n) is 11.6. The highest BCUT2D eigenvalue weighted by Gasteiger charge is 2.07. The average molecular weight is 403 g/mol. The average Bonchev–Trinajstić information content (AvgIpc) is 2.76. The summed E-state index contributed by atoms with van der Waals surface area (Å²) in [6.07, 6.45) is 21.5. The quantitative estimate of drug-likeness (QED) is 0.206. The molecular formula is C26H42O3. The minimum atomic E-state index is -0.217. The van der Waals surface area contributed by atoms with Gasteiger partial charge in [-0.2, -0.15) is 0 Å². The van der Waals surface area contributed by atoms with Crippen LogP contribution in [-0.2, 0) is 16.1 Å². The fourth-order valence-electron chi connectivity index (χ4n) is 3.38. The van der Waals surface area contributed by atoms with Crippen molar-refractivity contribution < 1.29 is 14.6 Å². The largest absolute Gasteiger partial charge is 0.394 e. The predicted molar refractivity (Wildman–Crippen MR) is 122 cm³/mol. The van der Waals surface area contributed by atoms with Gasteiger partial charge in [0.25, 0.3) is 0 Å². The van der Waals surface area contributed by atoms with Crippen LogP contribution in [0.15, 0.2) is 30.3 Å². The van der Waals surface area contributed by atoms with Crippen LogP contribution in [0.4, 0.5) is 0 Å². The Morgan fingerprint density at radius 1 is 0.793 bits per heavy atom. The Bertz CT molecular complexity index is 494. The van der Waals surface area contributed by atoms with Gasteiger partial charge in [-0.3, -0.25) is 0 Å². The topological polar surface area (TPSA) is 38.7 Å². The molecule has 0 saturated carbocycles. The maximum absolute atomic E-state index is 9.43. The fourth-order valence-corrected chi connectivity index (χ4v) is 3.38. The van der Waals surface area contributed by atoms with Crippen molar-refractivity contribution in [1.82, 2.24) is 0 Å². The second-order valence-corrected chi connectivity index (χ2v) is 7.87. The molecule has 1 rings (SSSR count). The first-order valence-corrected chi connectivity index (χ1v) is 11.6.